The Morgan fingerprint density at radius 1 is 1.10 bits per heavy atom. The summed E-state index contributed by atoms with van der Waals surface area (Å²) in [7, 11) is 0. The summed E-state index contributed by atoms with van der Waals surface area (Å²) in [6.07, 6.45) is 0.585. The van der Waals surface area contributed by atoms with Gasteiger partial charge in [-0.05, 0) is 49.1 Å². The number of anilines is 1. The summed E-state index contributed by atoms with van der Waals surface area (Å²) < 4.78 is 0. The van der Waals surface area contributed by atoms with E-state index in [1.165, 1.54) is 0 Å². The maximum atomic E-state index is 13.4. The summed E-state index contributed by atoms with van der Waals surface area (Å²) >= 11 is 13.2. The average Bonchev–Trinajstić information content (AvgIpc) is 2.74. The number of benzene rings is 2. The van der Waals surface area contributed by atoms with Crippen LogP contribution >= 0.6 is 23.2 Å². The van der Waals surface area contributed by atoms with Crippen LogP contribution in [0.2, 0.25) is 10.0 Å². The predicted octanol–water partition coefficient (Wildman–Crippen LogP) is 5.11. The quantitative estimate of drug-likeness (QED) is 0.561. The molecule has 0 saturated heterocycles. The monoisotopic (exact) mass is 455 g/mol. The molecule has 3 aromatic rings. The van der Waals surface area contributed by atoms with Crippen molar-refractivity contribution < 1.29 is 4.79 Å². The lowest BCUT2D eigenvalue weighted by molar-refractivity contribution is 0.0726. The van der Waals surface area contributed by atoms with E-state index in [4.69, 9.17) is 23.2 Å². The third-order valence-electron chi connectivity index (χ3n) is 5.62. The van der Waals surface area contributed by atoms with Crippen molar-refractivity contribution in [3.05, 3.63) is 96.4 Å². The fourth-order valence-electron chi connectivity index (χ4n) is 3.98. The number of fused-ring (bicyclic) bond motifs is 1. The summed E-state index contributed by atoms with van der Waals surface area (Å²) in [4.78, 5) is 30.3. The van der Waals surface area contributed by atoms with Gasteiger partial charge in [-0.25, -0.2) is 0 Å². The average molecular weight is 456 g/mol. The summed E-state index contributed by atoms with van der Waals surface area (Å²) in [6.45, 7) is 4.99. The zero-order chi connectivity index (χ0) is 22.1. The highest BCUT2D eigenvalue weighted by molar-refractivity contribution is 6.39. The van der Waals surface area contributed by atoms with Crippen LogP contribution in [0.3, 0.4) is 0 Å². The Hall–Kier alpha value is -2.76. The molecule has 0 unspecified atom stereocenters. The van der Waals surface area contributed by atoms with Crippen LogP contribution in [0.25, 0.3) is 0 Å². The molecule has 5 nitrogen and oxygen atoms in total. The molecule has 0 aliphatic carbocycles. The third-order valence-corrected chi connectivity index (χ3v) is 6.35. The minimum atomic E-state index is -0.212. The molecule has 0 radical (unpaired) electrons. The van der Waals surface area contributed by atoms with Gasteiger partial charge < -0.3 is 15.2 Å². The number of aromatic amines is 1. The van der Waals surface area contributed by atoms with Crippen molar-refractivity contribution in [3.8, 4) is 0 Å². The number of amides is 1. The number of pyridine rings is 1. The highest BCUT2D eigenvalue weighted by Gasteiger charge is 2.30. The molecule has 1 aromatic heterocycles. The Bertz CT molecular complexity index is 1210. The molecule has 2 N–H and O–H groups in total. The lowest BCUT2D eigenvalue weighted by Crippen LogP contribution is -2.39. The molecule has 1 aliphatic rings. The van der Waals surface area contributed by atoms with Gasteiger partial charge in [0.15, 0.2) is 0 Å². The van der Waals surface area contributed by atoms with Crippen LogP contribution in [0.15, 0.2) is 47.3 Å². The Labute approximate surface area is 191 Å². The second-order valence-corrected chi connectivity index (χ2v) is 8.62. The van der Waals surface area contributed by atoms with E-state index in [0.29, 0.717) is 46.4 Å². The Morgan fingerprint density at radius 2 is 1.84 bits per heavy atom. The molecular formula is C24H23Cl2N3O2. The van der Waals surface area contributed by atoms with Gasteiger partial charge >= 0.3 is 0 Å². The molecule has 0 atom stereocenters. The van der Waals surface area contributed by atoms with Crippen molar-refractivity contribution in [3.63, 3.8) is 0 Å². The predicted molar refractivity (Wildman–Crippen MR) is 125 cm³/mol. The fourth-order valence-corrected chi connectivity index (χ4v) is 4.59. The van der Waals surface area contributed by atoms with Crippen molar-refractivity contribution in [1.82, 2.24) is 9.88 Å². The van der Waals surface area contributed by atoms with Crippen LogP contribution in [-0.2, 0) is 19.5 Å². The number of nitrogens with zero attached hydrogens (tertiary/aromatic N) is 1. The van der Waals surface area contributed by atoms with Gasteiger partial charge in [0.1, 0.15) is 0 Å². The van der Waals surface area contributed by atoms with Gasteiger partial charge in [-0.3, -0.25) is 9.59 Å². The van der Waals surface area contributed by atoms with E-state index >= 15 is 0 Å². The van der Waals surface area contributed by atoms with Gasteiger partial charge in [0.25, 0.3) is 11.5 Å². The lowest BCUT2D eigenvalue weighted by Gasteiger charge is -2.30. The van der Waals surface area contributed by atoms with Crippen LogP contribution in [0.5, 0.6) is 0 Å². The van der Waals surface area contributed by atoms with Crippen LogP contribution in [-0.4, -0.2) is 22.3 Å². The Balaban J connectivity index is 1.63. The zero-order valence-electron chi connectivity index (χ0n) is 17.4. The van der Waals surface area contributed by atoms with Crippen molar-refractivity contribution in [1.29, 1.82) is 0 Å². The van der Waals surface area contributed by atoms with E-state index in [1.54, 1.807) is 11.0 Å². The minimum Gasteiger partial charge on any atom is -0.380 e. The first kappa shape index (κ1) is 21.5. The topological polar surface area (TPSA) is 65.2 Å². The fraction of sp³-hybridized carbons (Fsp3) is 0.250. The molecule has 0 saturated carbocycles. The van der Waals surface area contributed by atoms with Crippen LogP contribution in [0.4, 0.5) is 5.69 Å². The van der Waals surface area contributed by atoms with E-state index in [0.717, 1.165) is 22.4 Å². The molecule has 0 fully saturated rings. The smallest absolute Gasteiger partial charge is 0.256 e. The molecule has 0 bridgehead atoms. The van der Waals surface area contributed by atoms with Gasteiger partial charge in [0.05, 0.1) is 22.8 Å². The third kappa shape index (κ3) is 4.34. The summed E-state index contributed by atoms with van der Waals surface area (Å²) in [5.41, 5.74) is 4.96. The van der Waals surface area contributed by atoms with E-state index in [2.05, 4.69) is 10.3 Å². The van der Waals surface area contributed by atoms with E-state index in [-0.39, 0.29) is 18.0 Å². The van der Waals surface area contributed by atoms with Gasteiger partial charge in [-0.15, -0.1) is 0 Å². The van der Waals surface area contributed by atoms with Crippen LogP contribution < -0.4 is 10.9 Å². The molecule has 31 heavy (non-hydrogen) atoms. The number of carbonyl (C=O) groups excluding carboxylic acids is 1. The van der Waals surface area contributed by atoms with Gasteiger partial charge in [0, 0.05) is 29.4 Å². The second kappa shape index (κ2) is 8.77. The standard InChI is InChI=1S/C24H23Cl2N3O2/c1-14-10-15(2)28-23(30)18(14)13-29-9-8-17-19(25)11-20(22(26)21(17)24(29)31)27-12-16-6-4-3-5-7-16/h3-7,10-11,27H,8-9,12-13H2,1-2H3,(H,28,30). The lowest BCUT2D eigenvalue weighted by atomic mass is 9.97. The first-order valence-corrected chi connectivity index (χ1v) is 10.9. The molecule has 2 heterocycles. The molecule has 1 amide bonds. The summed E-state index contributed by atoms with van der Waals surface area (Å²) in [5, 5.41) is 4.17. The molecule has 4 rings (SSSR count). The van der Waals surface area contributed by atoms with Crippen LogP contribution in [0, 0.1) is 13.8 Å². The van der Waals surface area contributed by atoms with Crippen molar-refractivity contribution in [2.24, 2.45) is 0 Å². The van der Waals surface area contributed by atoms with E-state index in [1.807, 2.05) is 50.2 Å². The molecule has 160 valence electrons. The molecule has 1 aliphatic heterocycles. The van der Waals surface area contributed by atoms with Crippen molar-refractivity contribution in [2.75, 3.05) is 11.9 Å². The Morgan fingerprint density at radius 3 is 2.55 bits per heavy atom. The van der Waals surface area contributed by atoms with E-state index in [9.17, 15) is 9.59 Å². The normalized spacial score (nSPS) is 13.3. The number of rotatable bonds is 5. The highest BCUT2D eigenvalue weighted by atomic mass is 35.5. The summed E-state index contributed by atoms with van der Waals surface area (Å²) in [5.74, 6) is -0.212. The van der Waals surface area contributed by atoms with Gasteiger partial charge in [-0.1, -0.05) is 53.5 Å². The number of hydrogen-bond acceptors (Lipinski definition) is 3. The number of halogens is 2. The first-order chi connectivity index (χ1) is 14.8. The first-order valence-electron chi connectivity index (χ1n) is 10.1. The number of aromatic nitrogens is 1. The van der Waals surface area contributed by atoms with Gasteiger partial charge in [-0.2, -0.15) is 0 Å². The highest BCUT2D eigenvalue weighted by Crippen LogP contribution is 2.38. The number of H-pyrrole nitrogens is 1. The van der Waals surface area contributed by atoms with E-state index < -0.39 is 0 Å². The molecule has 0 spiro atoms. The minimum absolute atomic E-state index is 0.168. The van der Waals surface area contributed by atoms with Gasteiger partial charge in [0.2, 0.25) is 0 Å². The second-order valence-electron chi connectivity index (χ2n) is 7.83. The van der Waals surface area contributed by atoms with Crippen LogP contribution in [0.1, 0.15) is 38.3 Å². The van der Waals surface area contributed by atoms with Crippen molar-refractivity contribution >= 4 is 34.8 Å². The number of carbonyl (C=O) groups is 1. The largest absolute Gasteiger partial charge is 0.380 e. The SMILES string of the molecule is Cc1cc(C)c(CN2CCc3c(Cl)cc(NCc4ccccc4)c(Cl)c3C2=O)c(=O)[nH]1. The molecule has 7 heteroatoms. The zero-order valence-corrected chi connectivity index (χ0v) is 18.9. The number of aryl methyl sites for hydroxylation is 2. The maximum Gasteiger partial charge on any atom is 0.256 e. The molecular weight excluding hydrogens is 433 g/mol. The maximum absolute atomic E-state index is 13.4. The van der Waals surface area contributed by atoms with Crippen molar-refractivity contribution in [2.45, 2.75) is 33.4 Å². The number of hydrogen-bond donors (Lipinski definition) is 2. The molecule has 2 aromatic carbocycles. The summed E-state index contributed by atoms with van der Waals surface area (Å²) in [6, 6.07) is 13.6. The number of nitrogens with one attached hydrogen (secondary N) is 2. The Kier molecular flexibility index (Phi) is 6.08.